The Morgan fingerprint density at radius 1 is 1.73 bits per heavy atom. The summed E-state index contributed by atoms with van der Waals surface area (Å²) in [5, 5.41) is 0. The van der Waals surface area contributed by atoms with Gasteiger partial charge in [-0.05, 0) is 19.1 Å². The molecule has 0 aromatic heterocycles. The number of carbonyl (C=O) groups is 1. The number of rotatable bonds is 5. The number of methoxy groups -OCH3 is 1. The quantitative estimate of drug-likeness (QED) is 0.741. The van der Waals surface area contributed by atoms with Gasteiger partial charge in [0.15, 0.2) is 0 Å². The van der Waals surface area contributed by atoms with Crippen molar-refractivity contribution in [2.24, 2.45) is 5.73 Å². The van der Waals surface area contributed by atoms with Gasteiger partial charge in [-0.25, -0.2) is 0 Å². The van der Waals surface area contributed by atoms with Gasteiger partial charge in [-0.1, -0.05) is 0 Å². The van der Waals surface area contributed by atoms with E-state index in [-0.39, 0.29) is 5.91 Å². The zero-order chi connectivity index (χ0) is 11.3. The highest BCUT2D eigenvalue weighted by molar-refractivity contribution is 7.99. The highest BCUT2D eigenvalue weighted by atomic mass is 32.2. The maximum Gasteiger partial charge on any atom is 0.239 e. The molecule has 0 aliphatic carbocycles. The van der Waals surface area contributed by atoms with Gasteiger partial charge in [0.2, 0.25) is 5.91 Å². The molecule has 5 heteroatoms. The van der Waals surface area contributed by atoms with Crippen LogP contribution < -0.4 is 5.73 Å². The number of ether oxygens (including phenoxy) is 1. The van der Waals surface area contributed by atoms with Crippen LogP contribution in [0.1, 0.15) is 13.3 Å². The first kappa shape index (κ1) is 12.8. The van der Waals surface area contributed by atoms with Gasteiger partial charge in [0, 0.05) is 25.4 Å². The smallest absolute Gasteiger partial charge is 0.239 e. The fraction of sp³-hybridized carbons (Fsp3) is 0.900. The Hall–Kier alpha value is -0.260. The van der Waals surface area contributed by atoms with Crippen LogP contribution in [-0.4, -0.2) is 54.7 Å². The summed E-state index contributed by atoms with van der Waals surface area (Å²) in [6.07, 6.45) is 1.08. The van der Waals surface area contributed by atoms with Gasteiger partial charge in [-0.15, -0.1) is 0 Å². The molecule has 15 heavy (non-hydrogen) atoms. The molecule has 2 N–H and O–H groups in total. The fourth-order valence-electron chi connectivity index (χ4n) is 1.69. The summed E-state index contributed by atoms with van der Waals surface area (Å²) >= 11 is 1.90. The highest BCUT2D eigenvalue weighted by Gasteiger charge is 2.28. The van der Waals surface area contributed by atoms with Crippen LogP contribution in [0.15, 0.2) is 0 Å². The molecule has 1 rings (SSSR count). The summed E-state index contributed by atoms with van der Waals surface area (Å²) in [5.41, 5.74) is 5.64. The lowest BCUT2D eigenvalue weighted by Gasteiger charge is -2.29. The first-order valence-corrected chi connectivity index (χ1v) is 6.45. The largest absolute Gasteiger partial charge is 0.383 e. The van der Waals surface area contributed by atoms with Gasteiger partial charge >= 0.3 is 0 Å². The van der Waals surface area contributed by atoms with E-state index in [0.717, 1.165) is 17.9 Å². The van der Waals surface area contributed by atoms with Crippen LogP contribution in [-0.2, 0) is 9.53 Å². The number of amides is 1. The van der Waals surface area contributed by atoms with Crippen molar-refractivity contribution in [2.45, 2.75) is 25.4 Å². The number of carbonyl (C=O) groups excluding carboxylic acids is 1. The summed E-state index contributed by atoms with van der Waals surface area (Å²) in [6, 6.07) is -0.0592. The normalized spacial score (nSPS) is 22.7. The second-order valence-electron chi connectivity index (χ2n) is 3.83. The van der Waals surface area contributed by atoms with Gasteiger partial charge in [-0.3, -0.25) is 4.79 Å². The molecular weight excluding hydrogens is 212 g/mol. The van der Waals surface area contributed by atoms with Crippen molar-refractivity contribution in [1.82, 2.24) is 4.90 Å². The molecule has 0 aromatic rings. The molecule has 1 unspecified atom stereocenters. The Morgan fingerprint density at radius 3 is 2.93 bits per heavy atom. The fourth-order valence-corrected chi connectivity index (χ4v) is 2.92. The van der Waals surface area contributed by atoms with Gasteiger partial charge < -0.3 is 15.4 Å². The van der Waals surface area contributed by atoms with Crippen molar-refractivity contribution >= 4 is 17.7 Å². The third-order valence-corrected chi connectivity index (χ3v) is 3.70. The number of hydrogen-bond donors (Lipinski definition) is 1. The minimum atomic E-state index is -0.410. The molecule has 0 aromatic carbocycles. The maximum absolute atomic E-state index is 11.9. The maximum atomic E-state index is 11.9. The van der Waals surface area contributed by atoms with Crippen molar-refractivity contribution in [2.75, 3.05) is 31.8 Å². The molecule has 1 heterocycles. The van der Waals surface area contributed by atoms with Gasteiger partial charge in [0.25, 0.3) is 0 Å². The van der Waals surface area contributed by atoms with Crippen molar-refractivity contribution in [3.8, 4) is 0 Å². The molecule has 0 bridgehead atoms. The van der Waals surface area contributed by atoms with Crippen molar-refractivity contribution in [1.29, 1.82) is 0 Å². The zero-order valence-corrected chi connectivity index (χ0v) is 10.3. The summed E-state index contributed by atoms with van der Waals surface area (Å²) in [7, 11) is 1.65. The first-order chi connectivity index (χ1) is 7.16. The molecule has 0 spiro atoms. The van der Waals surface area contributed by atoms with Crippen molar-refractivity contribution < 1.29 is 9.53 Å². The van der Waals surface area contributed by atoms with Crippen LogP contribution in [0.2, 0.25) is 0 Å². The van der Waals surface area contributed by atoms with Crippen LogP contribution in [0.4, 0.5) is 0 Å². The molecule has 1 fully saturated rings. The Labute approximate surface area is 95.5 Å². The second-order valence-corrected chi connectivity index (χ2v) is 4.98. The topological polar surface area (TPSA) is 55.6 Å². The van der Waals surface area contributed by atoms with Crippen molar-refractivity contribution in [3.63, 3.8) is 0 Å². The Kier molecular flexibility index (Phi) is 5.42. The number of nitrogens with zero attached hydrogens (tertiary/aromatic N) is 1. The third-order valence-electron chi connectivity index (χ3n) is 2.56. The standard InChI is InChI=1S/C10H20N2O2S/c1-8(11)10(13)12(4-5-14-2)9-3-6-15-7-9/h8-9H,3-7,11H2,1-2H3/t8-,9?/m1/s1. The summed E-state index contributed by atoms with van der Waals surface area (Å²) < 4.78 is 5.02. The average molecular weight is 232 g/mol. The van der Waals surface area contributed by atoms with Crippen molar-refractivity contribution in [3.05, 3.63) is 0 Å². The van der Waals surface area contributed by atoms with E-state index in [1.165, 1.54) is 0 Å². The molecule has 1 aliphatic heterocycles. The molecule has 1 aliphatic rings. The molecule has 0 saturated carbocycles. The molecule has 1 amide bonds. The van der Waals surface area contributed by atoms with E-state index in [9.17, 15) is 4.79 Å². The van der Waals surface area contributed by atoms with E-state index < -0.39 is 6.04 Å². The van der Waals surface area contributed by atoms with Gasteiger partial charge in [0.1, 0.15) is 0 Å². The SMILES string of the molecule is COCCN(C(=O)[C@@H](C)N)C1CCSC1. The number of nitrogens with two attached hydrogens (primary N) is 1. The highest BCUT2D eigenvalue weighted by Crippen LogP contribution is 2.22. The molecule has 2 atom stereocenters. The predicted octanol–water partition coefficient (Wildman–Crippen LogP) is 0.314. The summed E-state index contributed by atoms with van der Waals surface area (Å²) in [6.45, 7) is 2.98. The van der Waals surface area contributed by atoms with E-state index in [4.69, 9.17) is 10.5 Å². The molecule has 1 saturated heterocycles. The Morgan fingerprint density at radius 2 is 2.47 bits per heavy atom. The van der Waals surface area contributed by atoms with E-state index in [0.29, 0.717) is 19.2 Å². The van der Waals surface area contributed by atoms with Crippen LogP contribution in [0.5, 0.6) is 0 Å². The summed E-state index contributed by atoms with van der Waals surface area (Å²) in [4.78, 5) is 13.8. The van der Waals surface area contributed by atoms with E-state index in [1.54, 1.807) is 14.0 Å². The third kappa shape index (κ3) is 3.66. The van der Waals surface area contributed by atoms with Gasteiger partial charge in [0.05, 0.1) is 12.6 Å². The lowest BCUT2D eigenvalue weighted by molar-refractivity contribution is -0.134. The monoisotopic (exact) mass is 232 g/mol. The first-order valence-electron chi connectivity index (χ1n) is 5.29. The molecule has 88 valence electrons. The Balaban J connectivity index is 2.54. The van der Waals surface area contributed by atoms with Crippen LogP contribution in [0.25, 0.3) is 0 Å². The Bertz CT molecular complexity index is 206. The number of thioether (sulfide) groups is 1. The average Bonchev–Trinajstić information content (AvgIpc) is 2.71. The summed E-state index contributed by atoms with van der Waals surface area (Å²) in [5.74, 6) is 2.21. The van der Waals surface area contributed by atoms with Crippen LogP contribution in [0.3, 0.4) is 0 Å². The molecule has 0 radical (unpaired) electrons. The minimum Gasteiger partial charge on any atom is -0.383 e. The molecular formula is C10H20N2O2S. The second kappa shape index (κ2) is 6.35. The van der Waals surface area contributed by atoms with Crippen LogP contribution >= 0.6 is 11.8 Å². The molecule has 4 nitrogen and oxygen atoms in total. The van der Waals surface area contributed by atoms with E-state index in [2.05, 4.69) is 0 Å². The minimum absolute atomic E-state index is 0.0413. The number of hydrogen-bond acceptors (Lipinski definition) is 4. The zero-order valence-electron chi connectivity index (χ0n) is 9.44. The lowest BCUT2D eigenvalue weighted by Crippen LogP contribution is -2.49. The van der Waals surface area contributed by atoms with Crippen LogP contribution in [0, 0.1) is 0 Å². The predicted molar refractivity (Wildman–Crippen MR) is 63.0 cm³/mol. The lowest BCUT2D eigenvalue weighted by atomic mass is 10.2. The van der Waals surface area contributed by atoms with E-state index >= 15 is 0 Å². The van der Waals surface area contributed by atoms with Gasteiger partial charge in [-0.2, -0.15) is 11.8 Å². The van der Waals surface area contributed by atoms with E-state index in [1.807, 2.05) is 16.7 Å².